The van der Waals surface area contributed by atoms with Crippen molar-refractivity contribution in [3.8, 4) is 22.9 Å². The molecule has 2 rings (SSSR count). The van der Waals surface area contributed by atoms with Crippen LogP contribution in [-0.2, 0) is 20.7 Å². The zero-order chi connectivity index (χ0) is 20.5. The third-order valence-electron chi connectivity index (χ3n) is 3.75. The quantitative estimate of drug-likeness (QED) is 0.484. The SMILES string of the molecule is C=CCNC(=O)[C@@H](C)OC(=O)CCc1nc(-c2ccc(OC)c(OC)c2)no1. The van der Waals surface area contributed by atoms with E-state index < -0.39 is 12.1 Å². The van der Waals surface area contributed by atoms with E-state index in [2.05, 4.69) is 22.0 Å². The van der Waals surface area contributed by atoms with Crippen molar-refractivity contribution < 1.29 is 28.3 Å². The van der Waals surface area contributed by atoms with Gasteiger partial charge in [-0.3, -0.25) is 9.59 Å². The number of esters is 1. The number of nitrogens with one attached hydrogen (secondary N) is 1. The number of benzene rings is 1. The van der Waals surface area contributed by atoms with Gasteiger partial charge in [0, 0.05) is 18.5 Å². The van der Waals surface area contributed by atoms with Crippen molar-refractivity contribution in [3.05, 3.63) is 36.7 Å². The Labute approximate surface area is 162 Å². The molecule has 1 heterocycles. The van der Waals surface area contributed by atoms with Gasteiger partial charge in [0.25, 0.3) is 5.91 Å². The number of aryl methyl sites for hydroxylation is 1. The summed E-state index contributed by atoms with van der Waals surface area (Å²) in [5.74, 6) is 0.850. The maximum absolute atomic E-state index is 11.9. The summed E-state index contributed by atoms with van der Waals surface area (Å²) < 4.78 is 20.7. The van der Waals surface area contributed by atoms with Crippen molar-refractivity contribution in [1.82, 2.24) is 15.5 Å². The molecular weight excluding hydrogens is 366 g/mol. The van der Waals surface area contributed by atoms with Gasteiger partial charge in [-0.1, -0.05) is 11.2 Å². The fraction of sp³-hybridized carbons (Fsp3) is 0.368. The molecule has 0 saturated carbocycles. The maximum Gasteiger partial charge on any atom is 0.307 e. The number of aromatic nitrogens is 2. The van der Waals surface area contributed by atoms with Crippen LogP contribution in [0.1, 0.15) is 19.2 Å². The van der Waals surface area contributed by atoms with Gasteiger partial charge in [-0.05, 0) is 25.1 Å². The maximum atomic E-state index is 11.9. The van der Waals surface area contributed by atoms with E-state index in [1.54, 1.807) is 25.3 Å². The van der Waals surface area contributed by atoms with E-state index >= 15 is 0 Å². The van der Waals surface area contributed by atoms with Gasteiger partial charge in [0.05, 0.1) is 20.6 Å². The highest BCUT2D eigenvalue weighted by Gasteiger charge is 2.18. The molecule has 9 nitrogen and oxygen atoms in total. The molecule has 0 saturated heterocycles. The minimum Gasteiger partial charge on any atom is -0.493 e. The Bertz CT molecular complexity index is 833. The fourth-order valence-electron chi connectivity index (χ4n) is 2.28. The van der Waals surface area contributed by atoms with Crippen LogP contribution in [0.3, 0.4) is 0 Å². The van der Waals surface area contributed by atoms with Crippen LogP contribution in [0.15, 0.2) is 35.4 Å². The van der Waals surface area contributed by atoms with Crippen molar-refractivity contribution in [2.24, 2.45) is 0 Å². The first-order valence-corrected chi connectivity index (χ1v) is 8.61. The van der Waals surface area contributed by atoms with E-state index in [-0.39, 0.29) is 24.6 Å². The smallest absolute Gasteiger partial charge is 0.307 e. The standard InChI is InChI=1S/C19H23N3O6/c1-5-10-20-19(24)12(2)27-17(23)9-8-16-21-18(22-28-16)13-6-7-14(25-3)15(11-13)26-4/h5-7,11-12H,1,8-10H2,2-4H3,(H,20,24)/t12-/m1/s1. The van der Waals surface area contributed by atoms with Crippen LogP contribution in [0, 0.1) is 0 Å². The molecule has 0 spiro atoms. The normalized spacial score (nSPS) is 11.4. The van der Waals surface area contributed by atoms with E-state index in [4.69, 9.17) is 18.7 Å². The van der Waals surface area contributed by atoms with E-state index in [9.17, 15) is 9.59 Å². The van der Waals surface area contributed by atoms with E-state index in [1.165, 1.54) is 20.1 Å². The Balaban J connectivity index is 1.92. The van der Waals surface area contributed by atoms with Gasteiger partial charge >= 0.3 is 5.97 Å². The molecule has 1 atom stereocenters. The van der Waals surface area contributed by atoms with Crippen LogP contribution in [0.2, 0.25) is 0 Å². The highest BCUT2D eigenvalue weighted by molar-refractivity contribution is 5.83. The van der Waals surface area contributed by atoms with Crippen molar-refractivity contribution in [2.75, 3.05) is 20.8 Å². The Morgan fingerprint density at radius 3 is 2.71 bits per heavy atom. The number of rotatable bonds is 10. The average Bonchev–Trinajstić information content (AvgIpc) is 3.18. The molecule has 0 fully saturated rings. The number of hydrogen-bond acceptors (Lipinski definition) is 8. The molecule has 1 amide bonds. The predicted molar refractivity (Wildman–Crippen MR) is 99.9 cm³/mol. The van der Waals surface area contributed by atoms with Crippen LogP contribution < -0.4 is 14.8 Å². The molecule has 1 aromatic heterocycles. The highest BCUT2D eigenvalue weighted by Crippen LogP contribution is 2.31. The summed E-state index contributed by atoms with van der Waals surface area (Å²) in [6.07, 6.45) is 0.850. The van der Waals surface area contributed by atoms with Crippen LogP contribution in [0.25, 0.3) is 11.4 Å². The van der Waals surface area contributed by atoms with Gasteiger partial charge in [0.2, 0.25) is 11.7 Å². The second-order valence-corrected chi connectivity index (χ2v) is 5.75. The Morgan fingerprint density at radius 1 is 1.29 bits per heavy atom. The van der Waals surface area contributed by atoms with Gasteiger partial charge in [-0.15, -0.1) is 6.58 Å². The number of nitrogens with zero attached hydrogens (tertiary/aromatic N) is 2. The third kappa shape index (κ3) is 5.57. The van der Waals surface area contributed by atoms with Gasteiger partial charge in [-0.2, -0.15) is 4.98 Å². The van der Waals surface area contributed by atoms with Gasteiger partial charge in [0.15, 0.2) is 17.6 Å². The first-order chi connectivity index (χ1) is 13.5. The zero-order valence-electron chi connectivity index (χ0n) is 16.1. The molecule has 1 aromatic carbocycles. The summed E-state index contributed by atoms with van der Waals surface area (Å²) in [5, 5.41) is 6.47. The summed E-state index contributed by atoms with van der Waals surface area (Å²) >= 11 is 0. The molecule has 28 heavy (non-hydrogen) atoms. The molecule has 0 aliphatic rings. The fourth-order valence-corrected chi connectivity index (χ4v) is 2.28. The molecule has 0 unspecified atom stereocenters. The van der Waals surface area contributed by atoms with Crippen molar-refractivity contribution in [1.29, 1.82) is 0 Å². The van der Waals surface area contributed by atoms with Crippen molar-refractivity contribution in [3.63, 3.8) is 0 Å². The molecule has 1 N–H and O–H groups in total. The number of methoxy groups -OCH3 is 2. The molecule has 2 aromatic rings. The van der Waals surface area contributed by atoms with E-state index in [0.29, 0.717) is 29.4 Å². The van der Waals surface area contributed by atoms with Crippen molar-refractivity contribution in [2.45, 2.75) is 25.9 Å². The predicted octanol–water partition coefficient (Wildman–Crippen LogP) is 1.92. The summed E-state index contributed by atoms with van der Waals surface area (Å²) in [4.78, 5) is 27.8. The zero-order valence-corrected chi connectivity index (χ0v) is 16.1. The minimum atomic E-state index is -0.891. The Kier molecular flexibility index (Phi) is 7.55. The lowest BCUT2D eigenvalue weighted by molar-refractivity contribution is -0.154. The summed E-state index contributed by atoms with van der Waals surface area (Å²) in [6, 6.07) is 5.24. The first kappa shape index (κ1) is 20.9. The topological polar surface area (TPSA) is 113 Å². The molecule has 0 aliphatic carbocycles. The average molecular weight is 389 g/mol. The largest absolute Gasteiger partial charge is 0.493 e. The second-order valence-electron chi connectivity index (χ2n) is 5.75. The summed E-state index contributed by atoms with van der Waals surface area (Å²) in [7, 11) is 3.08. The van der Waals surface area contributed by atoms with Crippen LogP contribution in [-0.4, -0.2) is 48.9 Å². The number of ether oxygens (including phenoxy) is 3. The number of hydrogen-bond donors (Lipinski definition) is 1. The monoisotopic (exact) mass is 389 g/mol. The van der Waals surface area contributed by atoms with E-state index in [0.717, 1.165) is 0 Å². The molecular formula is C19H23N3O6. The van der Waals surface area contributed by atoms with E-state index in [1.807, 2.05) is 0 Å². The highest BCUT2D eigenvalue weighted by atomic mass is 16.5. The number of carbonyl (C=O) groups is 2. The molecule has 9 heteroatoms. The van der Waals surface area contributed by atoms with Crippen LogP contribution in [0.5, 0.6) is 11.5 Å². The van der Waals surface area contributed by atoms with Gasteiger partial charge in [-0.25, -0.2) is 0 Å². The summed E-state index contributed by atoms with van der Waals surface area (Å²) in [5.41, 5.74) is 0.683. The van der Waals surface area contributed by atoms with Crippen LogP contribution >= 0.6 is 0 Å². The lowest BCUT2D eigenvalue weighted by Crippen LogP contribution is -2.35. The third-order valence-corrected chi connectivity index (χ3v) is 3.75. The Hall–Kier alpha value is -3.36. The van der Waals surface area contributed by atoms with Gasteiger partial charge < -0.3 is 24.1 Å². The first-order valence-electron chi connectivity index (χ1n) is 8.61. The lowest BCUT2D eigenvalue weighted by Gasteiger charge is -2.12. The molecule has 0 bridgehead atoms. The Morgan fingerprint density at radius 2 is 2.04 bits per heavy atom. The molecule has 150 valence electrons. The van der Waals surface area contributed by atoms with Crippen molar-refractivity contribution >= 4 is 11.9 Å². The summed E-state index contributed by atoms with van der Waals surface area (Å²) in [6.45, 7) is 5.30. The van der Waals surface area contributed by atoms with Gasteiger partial charge in [0.1, 0.15) is 0 Å². The number of amides is 1. The second kappa shape index (κ2) is 10.1. The molecule has 0 radical (unpaired) electrons. The minimum absolute atomic E-state index is 0.00659. The van der Waals surface area contributed by atoms with Crippen LogP contribution in [0.4, 0.5) is 0 Å². The molecule has 0 aliphatic heterocycles. The lowest BCUT2D eigenvalue weighted by atomic mass is 10.2. The number of carbonyl (C=O) groups excluding carboxylic acids is 2.